The molecule has 2 aromatic rings. The number of nitrogens with two attached hydrogens (primary N) is 1. The maximum atomic E-state index is 13.1. The van der Waals surface area contributed by atoms with Crippen molar-refractivity contribution in [3.63, 3.8) is 0 Å². The van der Waals surface area contributed by atoms with E-state index < -0.39 is 0 Å². The fourth-order valence-electron chi connectivity index (χ4n) is 3.04. The minimum atomic E-state index is -0.223. The van der Waals surface area contributed by atoms with Gasteiger partial charge >= 0.3 is 0 Å². The predicted molar refractivity (Wildman–Crippen MR) is 87.3 cm³/mol. The van der Waals surface area contributed by atoms with Crippen molar-refractivity contribution in [2.75, 3.05) is 18.5 Å². The maximum Gasteiger partial charge on any atom is 0.123 e. The molecule has 21 heavy (non-hydrogen) atoms. The van der Waals surface area contributed by atoms with Crippen LogP contribution in [0.15, 0.2) is 36.4 Å². The van der Waals surface area contributed by atoms with E-state index in [2.05, 4.69) is 37.8 Å². The zero-order valence-electron chi connectivity index (χ0n) is 13.2. The first-order valence-corrected chi connectivity index (χ1v) is 7.20. The van der Waals surface area contributed by atoms with E-state index in [9.17, 15) is 4.39 Å². The third kappa shape index (κ3) is 3.24. The Balaban J connectivity index is 2.42. The fraction of sp³-hybridized carbons (Fsp3) is 0.333. The molecule has 1 atom stereocenters. The van der Waals surface area contributed by atoms with E-state index in [1.54, 1.807) is 12.1 Å². The normalized spacial score (nSPS) is 12.3. The average molecular weight is 286 g/mol. The van der Waals surface area contributed by atoms with Crippen LogP contribution < -0.4 is 10.6 Å². The van der Waals surface area contributed by atoms with Crippen molar-refractivity contribution in [3.05, 3.63) is 64.5 Å². The molecule has 0 saturated heterocycles. The summed E-state index contributed by atoms with van der Waals surface area (Å²) in [5.74, 6) is -0.223. The minimum Gasteiger partial charge on any atom is -0.366 e. The molecule has 0 aromatic heterocycles. The van der Waals surface area contributed by atoms with E-state index >= 15 is 0 Å². The van der Waals surface area contributed by atoms with Gasteiger partial charge in [0, 0.05) is 19.3 Å². The second kappa shape index (κ2) is 6.27. The van der Waals surface area contributed by atoms with E-state index in [1.165, 1.54) is 34.4 Å². The van der Waals surface area contributed by atoms with Crippen molar-refractivity contribution in [1.82, 2.24) is 0 Å². The Morgan fingerprint density at radius 1 is 1.05 bits per heavy atom. The van der Waals surface area contributed by atoms with Gasteiger partial charge in [0.05, 0.1) is 6.04 Å². The summed E-state index contributed by atoms with van der Waals surface area (Å²) in [7, 11) is 2.00. The molecule has 0 fully saturated rings. The molecular weight excluding hydrogens is 263 g/mol. The molecule has 0 heterocycles. The second-order valence-corrected chi connectivity index (χ2v) is 5.65. The molecule has 1 unspecified atom stereocenters. The van der Waals surface area contributed by atoms with Crippen LogP contribution in [0.5, 0.6) is 0 Å². The summed E-state index contributed by atoms with van der Waals surface area (Å²) in [5.41, 5.74) is 12.0. The number of hydrogen-bond acceptors (Lipinski definition) is 2. The number of anilines is 1. The number of halogens is 1. The highest BCUT2D eigenvalue weighted by Gasteiger charge is 2.20. The molecule has 2 nitrogen and oxygen atoms in total. The molecule has 0 aliphatic heterocycles. The molecule has 0 aliphatic rings. The smallest absolute Gasteiger partial charge is 0.123 e. The van der Waals surface area contributed by atoms with Gasteiger partial charge in [-0.2, -0.15) is 0 Å². The van der Waals surface area contributed by atoms with Gasteiger partial charge in [0.2, 0.25) is 0 Å². The molecule has 0 radical (unpaired) electrons. The number of rotatable bonds is 4. The summed E-state index contributed by atoms with van der Waals surface area (Å²) in [6, 6.07) is 11.0. The highest BCUT2D eigenvalue weighted by molar-refractivity contribution is 5.51. The van der Waals surface area contributed by atoms with E-state index in [-0.39, 0.29) is 11.9 Å². The Labute approximate surface area is 126 Å². The molecule has 3 heteroatoms. The highest BCUT2D eigenvalue weighted by atomic mass is 19.1. The summed E-state index contributed by atoms with van der Waals surface area (Å²) < 4.78 is 13.1. The number of likely N-dealkylation sites (N-methyl/N-ethyl adjacent to an activating group) is 1. The Morgan fingerprint density at radius 3 is 2.05 bits per heavy atom. The predicted octanol–water partition coefficient (Wildman–Crippen LogP) is 3.89. The Bertz CT molecular complexity index is 597. The second-order valence-electron chi connectivity index (χ2n) is 5.65. The molecule has 2 aromatic carbocycles. The van der Waals surface area contributed by atoms with Gasteiger partial charge in [-0.15, -0.1) is 0 Å². The lowest BCUT2D eigenvalue weighted by Gasteiger charge is -2.32. The lowest BCUT2D eigenvalue weighted by Crippen LogP contribution is -2.31. The lowest BCUT2D eigenvalue weighted by atomic mass is 9.93. The van der Waals surface area contributed by atoms with Gasteiger partial charge in [-0.05, 0) is 61.7 Å². The number of hydrogen-bond donors (Lipinski definition) is 1. The van der Waals surface area contributed by atoms with Gasteiger partial charge < -0.3 is 10.6 Å². The summed E-state index contributed by atoms with van der Waals surface area (Å²) in [6.07, 6.45) is 0. The van der Waals surface area contributed by atoms with Crippen LogP contribution in [0.4, 0.5) is 10.1 Å². The quantitative estimate of drug-likeness (QED) is 0.924. The van der Waals surface area contributed by atoms with Crippen molar-refractivity contribution >= 4 is 5.69 Å². The van der Waals surface area contributed by atoms with E-state index in [4.69, 9.17) is 5.73 Å². The van der Waals surface area contributed by atoms with Crippen LogP contribution in [0.2, 0.25) is 0 Å². The van der Waals surface area contributed by atoms with Crippen molar-refractivity contribution < 1.29 is 4.39 Å². The van der Waals surface area contributed by atoms with Crippen molar-refractivity contribution in [3.8, 4) is 0 Å². The molecule has 2 rings (SSSR count). The van der Waals surface area contributed by atoms with Gasteiger partial charge in [-0.1, -0.05) is 17.7 Å². The molecule has 0 bridgehead atoms. The van der Waals surface area contributed by atoms with Crippen LogP contribution in [0.25, 0.3) is 0 Å². The number of nitrogens with zero attached hydrogens (tertiary/aromatic N) is 1. The third-order valence-electron chi connectivity index (χ3n) is 4.00. The largest absolute Gasteiger partial charge is 0.366 e. The monoisotopic (exact) mass is 286 g/mol. The fourth-order valence-corrected chi connectivity index (χ4v) is 3.04. The van der Waals surface area contributed by atoms with Crippen molar-refractivity contribution in [2.24, 2.45) is 5.73 Å². The topological polar surface area (TPSA) is 29.3 Å². The summed E-state index contributed by atoms with van der Waals surface area (Å²) in [5, 5.41) is 0. The first-order valence-electron chi connectivity index (χ1n) is 7.20. The highest BCUT2D eigenvalue weighted by Crippen LogP contribution is 2.30. The summed E-state index contributed by atoms with van der Waals surface area (Å²) >= 11 is 0. The van der Waals surface area contributed by atoms with Gasteiger partial charge in [0.25, 0.3) is 0 Å². The van der Waals surface area contributed by atoms with E-state index in [1.807, 2.05) is 7.05 Å². The van der Waals surface area contributed by atoms with Crippen LogP contribution >= 0.6 is 0 Å². The maximum absolute atomic E-state index is 13.1. The molecular formula is C18H23FN2. The Morgan fingerprint density at radius 2 is 1.57 bits per heavy atom. The molecule has 0 spiro atoms. The van der Waals surface area contributed by atoms with Gasteiger partial charge in [0.15, 0.2) is 0 Å². The molecule has 0 amide bonds. The molecule has 112 valence electrons. The van der Waals surface area contributed by atoms with Crippen LogP contribution in [-0.2, 0) is 0 Å². The van der Waals surface area contributed by atoms with Gasteiger partial charge in [-0.3, -0.25) is 0 Å². The van der Waals surface area contributed by atoms with E-state index in [0.29, 0.717) is 6.54 Å². The Hall–Kier alpha value is -1.87. The third-order valence-corrected chi connectivity index (χ3v) is 4.00. The lowest BCUT2D eigenvalue weighted by molar-refractivity contribution is 0.626. The first kappa shape index (κ1) is 15.5. The molecule has 0 saturated carbocycles. The molecule has 0 aliphatic carbocycles. The SMILES string of the molecule is Cc1cc(C)c(C(CN)N(C)c2ccc(F)cc2)c(C)c1. The number of aryl methyl sites for hydroxylation is 3. The standard InChI is InChI=1S/C18H23FN2/c1-12-9-13(2)18(14(3)10-12)17(11-20)21(4)16-7-5-15(19)6-8-16/h5-10,17H,11,20H2,1-4H3. The van der Waals surface area contributed by atoms with Gasteiger partial charge in [-0.25, -0.2) is 4.39 Å². The average Bonchev–Trinajstić information content (AvgIpc) is 2.42. The summed E-state index contributed by atoms with van der Waals surface area (Å²) in [6.45, 7) is 6.86. The van der Waals surface area contributed by atoms with E-state index in [0.717, 1.165) is 5.69 Å². The van der Waals surface area contributed by atoms with Crippen LogP contribution in [0.3, 0.4) is 0 Å². The zero-order chi connectivity index (χ0) is 15.6. The minimum absolute atomic E-state index is 0.0797. The Kier molecular flexibility index (Phi) is 4.63. The number of benzene rings is 2. The summed E-state index contributed by atoms with van der Waals surface area (Å²) in [4.78, 5) is 2.12. The van der Waals surface area contributed by atoms with Crippen LogP contribution in [-0.4, -0.2) is 13.6 Å². The van der Waals surface area contributed by atoms with Crippen LogP contribution in [0.1, 0.15) is 28.3 Å². The van der Waals surface area contributed by atoms with Gasteiger partial charge in [0.1, 0.15) is 5.82 Å². The first-order chi connectivity index (χ1) is 9.93. The van der Waals surface area contributed by atoms with Crippen molar-refractivity contribution in [2.45, 2.75) is 26.8 Å². The molecule has 2 N–H and O–H groups in total. The van der Waals surface area contributed by atoms with Crippen molar-refractivity contribution in [1.29, 1.82) is 0 Å². The van der Waals surface area contributed by atoms with Crippen LogP contribution in [0, 0.1) is 26.6 Å². The zero-order valence-corrected chi connectivity index (χ0v) is 13.2.